The number of nitrogens with zero attached hydrogens (tertiary/aromatic N) is 1. The summed E-state index contributed by atoms with van der Waals surface area (Å²) in [6.07, 6.45) is 1.52. The number of rotatable bonds is 2. The summed E-state index contributed by atoms with van der Waals surface area (Å²) in [6.45, 7) is 1.59. The van der Waals surface area contributed by atoms with Crippen LogP contribution in [0.1, 0.15) is 15.9 Å². The summed E-state index contributed by atoms with van der Waals surface area (Å²) in [7, 11) is 0. The molecule has 0 amide bonds. The lowest BCUT2D eigenvalue weighted by Gasteiger charge is -2.09. The van der Waals surface area contributed by atoms with E-state index in [2.05, 4.69) is 0 Å². The Hall–Kier alpha value is -2.07. The Balaban J connectivity index is 2.76. The minimum atomic E-state index is -1.24. The molecule has 0 unspecified atom stereocenters. The summed E-state index contributed by atoms with van der Waals surface area (Å²) in [5.74, 6) is -1.24. The number of carboxylic acids is 1. The molecule has 2 aromatic rings. The van der Waals surface area contributed by atoms with Crippen LogP contribution in [0.4, 0.5) is 0 Å². The van der Waals surface area contributed by atoms with E-state index in [1.54, 1.807) is 37.3 Å². The minimum absolute atomic E-state index is 0.239. The maximum absolute atomic E-state index is 12.1. The SMILES string of the molecule is Cc1ccn(-c2ccccc2Cl)c(=O)c1C(=O)O. The van der Waals surface area contributed by atoms with Crippen LogP contribution in [0.25, 0.3) is 5.69 Å². The minimum Gasteiger partial charge on any atom is -0.477 e. The number of para-hydroxylation sites is 1. The van der Waals surface area contributed by atoms with Gasteiger partial charge in [-0.3, -0.25) is 9.36 Å². The number of aromatic nitrogens is 1. The van der Waals surface area contributed by atoms with Gasteiger partial charge in [0.25, 0.3) is 5.56 Å². The van der Waals surface area contributed by atoms with Gasteiger partial charge in [0.15, 0.2) is 0 Å². The molecule has 0 bridgehead atoms. The van der Waals surface area contributed by atoms with Crippen molar-refractivity contribution in [1.82, 2.24) is 4.57 Å². The molecule has 1 aromatic heterocycles. The molecule has 0 fully saturated rings. The molecule has 0 aliphatic rings. The van der Waals surface area contributed by atoms with E-state index in [4.69, 9.17) is 16.7 Å². The van der Waals surface area contributed by atoms with Gasteiger partial charge < -0.3 is 5.11 Å². The van der Waals surface area contributed by atoms with Crippen molar-refractivity contribution >= 4 is 17.6 Å². The highest BCUT2D eigenvalue weighted by Gasteiger charge is 2.15. The largest absolute Gasteiger partial charge is 0.477 e. The van der Waals surface area contributed by atoms with Gasteiger partial charge >= 0.3 is 5.97 Å². The smallest absolute Gasteiger partial charge is 0.341 e. The number of carbonyl (C=O) groups is 1. The van der Waals surface area contributed by atoms with Crippen molar-refractivity contribution in [3.8, 4) is 5.69 Å². The van der Waals surface area contributed by atoms with Gasteiger partial charge in [-0.05, 0) is 30.7 Å². The van der Waals surface area contributed by atoms with Crippen LogP contribution in [-0.2, 0) is 0 Å². The molecular formula is C13H10ClNO3. The third kappa shape index (κ3) is 2.02. The fourth-order valence-electron chi connectivity index (χ4n) is 1.72. The second kappa shape index (κ2) is 4.66. The number of carboxylic acid groups (broad SMARTS) is 1. The zero-order valence-electron chi connectivity index (χ0n) is 9.55. The van der Waals surface area contributed by atoms with Crippen molar-refractivity contribution in [3.63, 3.8) is 0 Å². The molecule has 1 heterocycles. The van der Waals surface area contributed by atoms with Gasteiger partial charge in [0, 0.05) is 6.20 Å². The summed E-state index contributed by atoms with van der Waals surface area (Å²) in [6, 6.07) is 8.35. The molecule has 0 aliphatic carbocycles. The van der Waals surface area contributed by atoms with E-state index < -0.39 is 11.5 Å². The molecule has 18 heavy (non-hydrogen) atoms. The second-order valence-corrected chi connectivity index (χ2v) is 4.21. The highest BCUT2D eigenvalue weighted by Crippen LogP contribution is 2.18. The molecule has 0 atom stereocenters. The fourth-order valence-corrected chi connectivity index (χ4v) is 1.95. The van der Waals surface area contributed by atoms with Crippen molar-refractivity contribution in [2.45, 2.75) is 6.92 Å². The van der Waals surface area contributed by atoms with Crippen molar-refractivity contribution < 1.29 is 9.90 Å². The van der Waals surface area contributed by atoms with E-state index in [9.17, 15) is 9.59 Å². The molecule has 92 valence electrons. The molecular weight excluding hydrogens is 254 g/mol. The fraction of sp³-hybridized carbons (Fsp3) is 0.0769. The molecule has 2 rings (SSSR count). The first kappa shape index (κ1) is 12.4. The highest BCUT2D eigenvalue weighted by atomic mass is 35.5. The zero-order valence-corrected chi connectivity index (χ0v) is 10.3. The molecule has 0 radical (unpaired) electrons. The molecule has 1 N–H and O–H groups in total. The number of hydrogen-bond acceptors (Lipinski definition) is 2. The zero-order chi connectivity index (χ0) is 13.3. The number of halogens is 1. The molecule has 0 aliphatic heterocycles. The molecule has 0 saturated heterocycles. The van der Waals surface area contributed by atoms with Gasteiger partial charge in [-0.25, -0.2) is 4.79 Å². The third-order valence-electron chi connectivity index (χ3n) is 2.63. The standard InChI is InChI=1S/C13H10ClNO3/c1-8-6-7-15(12(16)11(8)13(17)18)10-5-3-2-4-9(10)14/h2-7H,1H3,(H,17,18). The van der Waals surface area contributed by atoms with Crippen molar-refractivity contribution in [1.29, 1.82) is 0 Å². The Morgan fingerprint density at radius 1 is 1.28 bits per heavy atom. The predicted octanol–water partition coefficient (Wildman–Crippen LogP) is 2.50. The van der Waals surface area contributed by atoms with E-state index in [1.807, 2.05) is 0 Å². The summed E-state index contributed by atoms with van der Waals surface area (Å²) < 4.78 is 1.23. The Morgan fingerprint density at radius 2 is 1.94 bits per heavy atom. The van der Waals surface area contributed by atoms with Gasteiger partial charge in [0.2, 0.25) is 0 Å². The van der Waals surface area contributed by atoms with E-state index in [0.717, 1.165) is 0 Å². The number of pyridine rings is 1. The predicted molar refractivity (Wildman–Crippen MR) is 68.7 cm³/mol. The van der Waals surface area contributed by atoms with Crippen LogP contribution in [0.3, 0.4) is 0 Å². The average Bonchev–Trinajstić information content (AvgIpc) is 2.30. The Kier molecular flexibility index (Phi) is 3.21. The van der Waals surface area contributed by atoms with Crippen LogP contribution in [0.2, 0.25) is 5.02 Å². The summed E-state index contributed by atoms with van der Waals surface area (Å²) in [5.41, 5.74) is 0.0653. The number of aromatic carboxylic acids is 1. The van der Waals surface area contributed by atoms with E-state index in [-0.39, 0.29) is 5.56 Å². The Labute approximate surface area is 108 Å². The Bertz CT molecular complexity index is 676. The van der Waals surface area contributed by atoms with Crippen LogP contribution in [0.15, 0.2) is 41.3 Å². The van der Waals surface area contributed by atoms with Crippen LogP contribution in [-0.4, -0.2) is 15.6 Å². The van der Waals surface area contributed by atoms with Crippen LogP contribution >= 0.6 is 11.6 Å². The number of aryl methyl sites for hydroxylation is 1. The first-order valence-corrected chi connectivity index (χ1v) is 5.60. The lowest BCUT2D eigenvalue weighted by molar-refractivity contribution is 0.0694. The monoisotopic (exact) mass is 263 g/mol. The van der Waals surface area contributed by atoms with Gasteiger partial charge in [-0.15, -0.1) is 0 Å². The van der Waals surface area contributed by atoms with E-state index in [0.29, 0.717) is 16.3 Å². The molecule has 5 heteroatoms. The number of hydrogen-bond donors (Lipinski definition) is 1. The molecule has 4 nitrogen and oxygen atoms in total. The van der Waals surface area contributed by atoms with Gasteiger partial charge in [0.05, 0.1) is 10.7 Å². The van der Waals surface area contributed by atoms with E-state index in [1.165, 1.54) is 10.8 Å². The molecule has 0 saturated carbocycles. The first-order valence-electron chi connectivity index (χ1n) is 5.23. The van der Waals surface area contributed by atoms with Crippen LogP contribution in [0, 0.1) is 6.92 Å². The van der Waals surface area contributed by atoms with E-state index >= 15 is 0 Å². The van der Waals surface area contributed by atoms with Crippen LogP contribution in [0.5, 0.6) is 0 Å². The molecule has 1 aromatic carbocycles. The average molecular weight is 264 g/mol. The topological polar surface area (TPSA) is 59.3 Å². The summed E-state index contributed by atoms with van der Waals surface area (Å²) >= 11 is 6.00. The lowest BCUT2D eigenvalue weighted by Crippen LogP contribution is -2.26. The van der Waals surface area contributed by atoms with Gasteiger partial charge in [-0.1, -0.05) is 23.7 Å². The maximum atomic E-state index is 12.1. The normalized spacial score (nSPS) is 10.3. The third-order valence-corrected chi connectivity index (χ3v) is 2.95. The second-order valence-electron chi connectivity index (χ2n) is 3.81. The van der Waals surface area contributed by atoms with Crippen molar-refractivity contribution in [3.05, 3.63) is 63.0 Å². The Morgan fingerprint density at radius 3 is 2.56 bits per heavy atom. The highest BCUT2D eigenvalue weighted by molar-refractivity contribution is 6.32. The summed E-state index contributed by atoms with van der Waals surface area (Å²) in [5, 5.41) is 9.43. The van der Waals surface area contributed by atoms with Gasteiger partial charge in [0.1, 0.15) is 5.56 Å². The first-order chi connectivity index (χ1) is 8.52. The lowest BCUT2D eigenvalue weighted by atomic mass is 10.1. The molecule has 0 spiro atoms. The summed E-state index contributed by atoms with van der Waals surface area (Å²) in [4.78, 5) is 23.2. The van der Waals surface area contributed by atoms with Crippen molar-refractivity contribution in [2.75, 3.05) is 0 Å². The van der Waals surface area contributed by atoms with Crippen LogP contribution < -0.4 is 5.56 Å². The quantitative estimate of drug-likeness (QED) is 0.906. The maximum Gasteiger partial charge on any atom is 0.341 e. The van der Waals surface area contributed by atoms with Gasteiger partial charge in [-0.2, -0.15) is 0 Å². The number of benzene rings is 1. The van der Waals surface area contributed by atoms with Crippen molar-refractivity contribution in [2.24, 2.45) is 0 Å².